The molecule has 2 aromatic carbocycles. The summed E-state index contributed by atoms with van der Waals surface area (Å²) in [5.74, 6) is 0.937. The molecule has 0 aliphatic heterocycles. The summed E-state index contributed by atoms with van der Waals surface area (Å²) in [6.07, 6.45) is 0.643. The number of methoxy groups -OCH3 is 2. The predicted molar refractivity (Wildman–Crippen MR) is 94.3 cm³/mol. The van der Waals surface area contributed by atoms with Gasteiger partial charge in [0.2, 0.25) is 15.9 Å². The van der Waals surface area contributed by atoms with Crippen molar-refractivity contribution in [2.24, 2.45) is 5.14 Å². The Bertz CT molecular complexity index is 865. The third-order valence-corrected chi connectivity index (χ3v) is 4.46. The summed E-state index contributed by atoms with van der Waals surface area (Å²) in [6.45, 7) is 0. The molecule has 0 heterocycles. The zero-order valence-electron chi connectivity index (χ0n) is 14.0. The van der Waals surface area contributed by atoms with Crippen molar-refractivity contribution < 1.29 is 22.7 Å². The van der Waals surface area contributed by atoms with Crippen LogP contribution < -0.4 is 19.9 Å². The number of anilines is 1. The fourth-order valence-electron chi connectivity index (χ4n) is 2.37. The van der Waals surface area contributed by atoms with E-state index in [0.29, 0.717) is 23.6 Å². The number of amides is 1. The van der Waals surface area contributed by atoms with Crippen LogP contribution in [0.3, 0.4) is 0 Å². The first-order valence-corrected chi connectivity index (χ1v) is 9.02. The molecule has 0 atom stereocenters. The third kappa shape index (κ3) is 4.94. The molecule has 3 N–H and O–H groups in total. The lowest BCUT2D eigenvalue weighted by atomic mass is 10.1. The number of primary sulfonamides is 1. The van der Waals surface area contributed by atoms with Gasteiger partial charge < -0.3 is 14.8 Å². The smallest absolute Gasteiger partial charge is 0.238 e. The number of carbonyl (C=O) groups excluding carboxylic acids is 1. The third-order valence-electron chi connectivity index (χ3n) is 3.55. The monoisotopic (exact) mass is 364 g/mol. The van der Waals surface area contributed by atoms with E-state index in [1.165, 1.54) is 18.2 Å². The van der Waals surface area contributed by atoms with Gasteiger partial charge in [0.15, 0.2) is 11.5 Å². The van der Waals surface area contributed by atoms with Crippen LogP contribution in [-0.2, 0) is 21.2 Å². The molecule has 0 saturated carbocycles. The van der Waals surface area contributed by atoms with E-state index >= 15 is 0 Å². The molecular formula is C17H20N2O5S. The van der Waals surface area contributed by atoms with Gasteiger partial charge in [-0.1, -0.05) is 18.2 Å². The van der Waals surface area contributed by atoms with Crippen molar-refractivity contribution in [1.82, 2.24) is 0 Å². The van der Waals surface area contributed by atoms with E-state index in [-0.39, 0.29) is 17.2 Å². The van der Waals surface area contributed by atoms with Crippen molar-refractivity contribution in [2.45, 2.75) is 17.7 Å². The first kappa shape index (κ1) is 18.8. The maximum Gasteiger partial charge on any atom is 0.238 e. The van der Waals surface area contributed by atoms with Crippen LogP contribution in [0.2, 0.25) is 0 Å². The molecule has 0 unspecified atom stereocenters. The van der Waals surface area contributed by atoms with Crippen LogP contribution in [0.5, 0.6) is 11.5 Å². The fraction of sp³-hybridized carbons (Fsp3) is 0.235. The van der Waals surface area contributed by atoms with Crippen molar-refractivity contribution in [3.63, 3.8) is 0 Å². The Morgan fingerprint density at radius 2 is 1.84 bits per heavy atom. The van der Waals surface area contributed by atoms with Crippen LogP contribution >= 0.6 is 0 Å². The highest BCUT2D eigenvalue weighted by Gasteiger charge is 2.12. The highest BCUT2D eigenvalue weighted by Crippen LogP contribution is 2.31. The largest absolute Gasteiger partial charge is 0.493 e. The minimum Gasteiger partial charge on any atom is -0.493 e. The highest BCUT2D eigenvalue weighted by molar-refractivity contribution is 7.89. The second-order valence-corrected chi connectivity index (χ2v) is 6.84. The molecule has 2 rings (SSSR count). The average molecular weight is 364 g/mol. The topological polar surface area (TPSA) is 108 Å². The number of rotatable bonds is 7. The maximum atomic E-state index is 12.1. The second kappa shape index (κ2) is 8.00. The Kier molecular flexibility index (Phi) is 6.00. The lowest BCUT2D eigenvalue weighted by Crippen LogP contribution is -2.15. The molecule has 2 aromatic rings. The zero-order chi connectivity index (χ0) is 18.4. The fourth-order valence-corrected chi connectivity index (χ4v) is 2.93. The standard InChI is InChI=1S/C17H20N2O5S/c1-23-15-8-3-5-12(17(15)24-2)9-10-16(20)19-13-6-4-7-14(11-13)25(18,21)22/h3-8,11H,9-10H2,1-2H3,(H,19,20)(H2,18,21,22). The first-order valence-electron chi connectivity index (χ1n) is 7.47. The molecule has 0 bridgehead atoms. The van der Waals surface area contributed by atoms with Gasteiger partial charge in [-0.2, -0.15) is 0 Å². The van der Waals surface area contributed by atoms with Gasteiger partial charge in [-0.3, -0.25) is 4.79 Å². The summed E-state index contributed by atoms with van der Waals surface area (Å²) < 4.78 is 33.3. The molecule has 7 nitrogen and oxygen atoms in total. The van der Waals surface area contributed by atoms with Crippen molar-refractivity contribution >= 4 is 21.6 Å². The minimum absolute atomic E-state index is 0.0558. The van der Waals surface area contributed by atoms with Crippen LogP contribution in [0.25, 0.3) is 0 Å². The molecule has 0 aromatic heterocycles. The number of para-hydroxylation sites is 1. The Morgan fingerprint density at radius 1 is 1.12 bits per heavy atom. The average Bonchev–Trinajstić information content (AvgIpc) is 2.59. The SMILES string of the molecule is COc1cccc(CCC(=O)Nc2cccc(S(N)(=O)=O)c2)c1OC. The Balaban J connectivity index is 2.05. The van der Waals surface area contributed by atoms with Gasteiger partial charge in [0.05, 0.1) is 19.1 Å². The van der Waals surface area contributed by atoms with Crippen LogP contribution in [0.15, 0.2) is 47.4 Å². The van der Waals surface area contributed by atoms with Crippen molar-refractivity contribution in [3.05, 3.63) is 48.0 Å². The predicted octanol–water partition coefficient (Wildman–Crippen LogP) is 1.92. The number of nitrogens with one attached hydrogen (secondary N) is 1. The van der Waals surface area contributed by atoms with E-state index in [0.717, 1.165) is 5.56 Å². The number of carbonyl (C=O) groups is 1. The van der Waals surface area contributed by atoms with Crippen molar-refractivity contribution in [3.8, 4) is 11.5 Å². The Morgan fingerprint density at radius 3 is 2.48 bits per heavy atom. The molecule has 1 amide bonds. The molecule has 0 saturated heterocycles. The molecule has 134 valence electrons. The summed E-state index contributed by atoms with van der Waals surface area (Å²) in [7, 11) is -0.725. The molecule has 0 aliphatic carbocycles. The van der Waals surface area contributed by atoms with E-state index in [9.17, 15) is 13.2 Å². The van der Waals surface area contributed by atoms with Gasteiger partial charge in [0.1, 0.15) is 0 Å². The molecular weight excluding hydrogens is 344 g/mol. The number of benzene rings is 2. The molecule has 8 heteroatoms. The molecule has 0 aliphatic rings. The van der Waals surface area contributed by atoms with E-state index < -0.39 is 10.0 Å². The van der Waals surface area contributed by atoms with Crippen LogP contribution in [-0.4, -0.2) is 28.5 Å². The lowest BCUT2D eigenvalue weighted by Gasteiger charge is -2.12. The minimum atomic E-state index is -3.81. The summed E-state index contributed by atoms with van der Waals surface area (Å²) in [5.41, 5.74) is 1.21. The quantitative estimate of drug-likeness (QED) is 0.780. The van der Waals surface area contributed by atoms with Gasteiger partial charge >= 0.3 is 0 Å². The van der Waals surface area contributed by atoms with E-state index in [4.69, 9.17) is 14.6 Å². The Hall–Kier alpha value is -2.58. The summed E-state index contributed by atoms with van der Waals surface area (Å²) >= 11 is 0. The zero-order valence-corrected chi connectivity index (χ0v) is 14.8. The van der Waals surface area contributed by atoms with E-state index in [1.807, 2.05) is 12.1 Å². The van der Waals surface area contributed by atoms with Crippen LogP contribution in [0, 0.1) is 0 Å². The molecule has 0 fully saturated rings. The maximum absolute atomic E-state index is 12.1. The summed E-state index contributed by atoms with van der Waals surface area (Å²) in [5, 5.41) is 7.74. The van der Waals surface area contributed by atoms with Crippen LogP contribution in [0.1, 0.15) is 12.0 Å². The van der Waals surface area contributed by atoms with Crippen molar-refractivity contribution in [2.75, 3.05) is 19.5 Å². The number of hydrogen-bond donors (Lipinski definition) is 2. The number of aryl methyl sites for hydroxylation is 1. The van der Waals surface area contributed by atoms with Crippen molar-refractivity contribution in [1.29, 1.82) is 0 Å². The molecule has 25 heavy (non-hydrogen) atoms. The first-order chi connectivity index (χ1) is 11.8. The Labute approximate surface area is 146 Å². The van der Waals surface area contributed by atoms with Gasteiger partial charge in [0.25, 0.3) is 0 Å². The number of hydrogen-bond acceptors (Lipinski definition) is 5. The molecule has 0 spiro atoms. The van der Waals surface area contributed by atoms with Gasteiger partial charge in [-0.25, -0.2) is 13.6 Å². The second-order valence-electron chi connectivity index (χ2n) is 5.27. The summed E-state index contributed by atoms with van der Waals surface area (Å²) in [4.78, 5) is 12.1. The van der Waals surface area contributed by atoms with Gasteiger partial charge in [-0.05, 0) is 36.2 Å². The number of sulfonamides is 1. The molecule has 0 radical (unpaired) electrons. The van der Waals surface area contributed by atoms with Gasteiger partial charge in [0, 0.05) is 12.1 Å². The summed E-state index contributed by atoms with van der Waals surface area (Å²) in [6, 6.07) is 11.3. The lowest BCUT2D eigenvalue weighted by molar-refractivity contribution is -0.116. The normalized spacial score (nSPS) is 11.0. The van der Waals surface area contributed by atoms with Crippen LogP contribution in [0.4, 0.5) is 5.69 Å². The van der Waals surface area contributed by atoms with Gasteiger partial charge in [-0.15, -0.1) is 0 Å². The van der Waals surface area contributed by atoms with E-state index in [2.05, 4.69) is 5.32 Å². The van der Waals surface area contributed by atoms with E-state index in [1.54, 1.807) is 26.4 Å². The number of ether oxygens (including phenoxy) is 2. The number of nitrogens with two attached hydrogens (primary N) is 1. The highest BCUT2D eigenvalue weighted by atomic mass is 32.2.